The van der Waals surface area contributed by atoms with Gasteiger partial charge in [-0.25, -0.2) is 0 Å². The summed E-state index contributed by atoms with van der Waals surface area (Å²) in [5, 5.41) is 0.517. The predicted molar refractivity (Wildman–Crippen MR) is 115 cm³/mol. The van der Waals surface area contributed by atoms with Crippen LogP contribution in [0.5, 0.6) is 11.5 Å². The van der Waals surface area contributed by atoms with Gasteiger partial charge in [0.05, 0.1) is 36.6 Å². The lowest BCUT2D eigenvalue weighted by atomic mass is 10.2. The maximum absolute atomic E-state index is 6.42. The Hall–Kier alpha value is -2.24. The molecule has 1 heterocycles. The number of hydrogen-bond acceptors (Lipinski definition) is 5. The van der Waals surface area contributed by atoms with E-state index < -0.39 is 0 Å². The Bertz CT molecular complexity index is 800. The average molecular weight is 403 g/mol. The Labute approximate surface area is 171 Å². The van der Waals surface area contributed by atoms with Crippen LogP contribution >= 0.6 is 11.6 Å². The molecule has 5 nitrogen and oxygen atoms in total. The van der Waals surface area contributed by atoms with Gasteiger partial charge in [-0.1, -0.05) is 11.6 Å². The standard InChI is InChI=1S/C22H27ClN2O3/c1-4-27-21-14-17(13-20(23)22(21)28-16(2)3)15-24-18-5-7-19(8-6-18)25-9-11-26-12-10-25/h5-8,13-16H,4,9-12H2,1-3H3. The topological polar surface area (TPSA) is 43.3 Å². The summed E-state index contributed by atoms with van der Waals surface area (Å²) in [6, 6.07) is 12.0. The molecule has 0 atom stereocenters. The number of morpholine rings is 1. The SMILES string of the molecule is CCOc1cc(C=Nc2ccc(N3CCOCC3)cc2)cc(Cl)c1OC(C)C. The maximum Gasteiger partial charge on any atom is 0.180 e. The number of hydrogen-bond donors (Lipinski definition) is 0. The first kappa shape index (κ1) is 20.5. The van der Waals surface area contributed by atoms with E-state index in [4.69, 9.17) is 25.8 Å². The summed E-state index contributed by atoms with van der Waals surface area (Å²) in [5.74, 6) is 1.21. The number of benzene rings is 2. The van der Waals surface area contributed by atoms with Gasteiger partial charge in [0.1, 0.15) is 0 Å². The Morgan fingerprint density at radius 2 is 1.89 bits per heavy atom. The number of aliphatic imine (C=N–C) groups is 1. The van der Waals surface area contributed by atoms with Crippen LogP contribution in [0, 0.1) is 0 Å². The molecule has 1 aliphatic heterocycles. The van der Waals surface area contributed by atoms with Gasteiger partial charge >= 0.3 is 0 Å². The molecule has 0 aromatic heterocycles. The number of anilines is 1. The van der Waals surface area contributed by atoms with Crippen molar-refractivity contribution in [2.24, 2.45) is 4.99 Å². The van der Waals surface area contributed by atoms with Crippen LogP contribution in [0.2, 0.25) is 5.02 Å². The van der Waals surface area contributed by atoms with Gasteiger partial charge < -0.3 is 19.1 Å². The number of halogens is 1. The molecule has 0 radical (unpaired) electrons. The van der Waals surface area contributed by atoms with E-state index in [0.29, 0.717) is 23.1 Å². The van der Waals surface area contributed by atoms with Crippen molar-refractivity contribution >= 4 is 29.2 Å². The van der Waals surface area contributed by atoms with Crippen molar-refractivity contribution in [1.82, 2.24) is 0 Å². The summed E-state index contributed by atoms with van der Waals surface area (Å²) < 4.78 is 16.9. The fourth-order valence-electron chi connectivity index (χ4n) is 3.00. The number of ether oxygens (including phenoxy) is 3. The highest BCUT2D eigenvalue weighted by atomic mass is 35.5. The molecule has 0 spiro atoms. The minimum absolute atomic E-state index is 0.0150. The molecule has 1 fully saturated rings. The van der Waals surface area contributed by atoms with Crippen LogP contribution in [-0.4, -0.2) is 45.2 Å². The molecule has 2 aromatic rings. The fourth-order valence-corrected chi connectivity index (χ4v) is 3.26. The van der Waals surface area contributed by atoms with Crippen molar-refractivity contribution in [3.8, 4) is 11.5 Å². The zero-order valence-electron chi connectivity index (χ0n) is 16.7. The normalized spacial score (nSPS) is 14.7. The van der Waals surface area contributed by atoms with Crippen molar-refractivity contribution in [3.05, 3.63) is 47.0 Å². The minimum Gasteiger partial charge on any atom is -0.490 e. The van der Waals surface area contributed by atoms with Crippen molar-refractivity contribution in [3.63, 3.8) is 0 Å². The second kappa shape index (κ2) is 9.80. The largest absolute Gasteiger partial charge is 0.490 e. The van der Waals surface area contributed by atoms with Crippen molar-refractivity contribution < 1.29 is 14.2 Å². The molecule has 0 amide bonds. The molecule has 0 N–H and O–H groups in total. The fraction of sp³-hybridized carbons (Fsp3) is 0.409. The average Bonchev–Trinajstić information content (AvgIpc) is 2.70. The zero-order chi connectivity index (χ0) is 19.9. The van der Waals surface area contributed by atoms with E-state index in [9.17, 15) is 0 Å². The lowest BCUT2D eigenvalue weighted by Gasteiger charge is -2.28. The van der Waals surface area contributed by atoms with Crippen LogP contribution in [-0.2, 0) is 4.74 Å². The summed E-state index contributed by atoms with van der Waals surface area (Å²) in [6.45, 7) is 9.79. The minimum atomic E-state index is 0.0150. The maximum atomic E-state index is 6.42. The van der Waals surface area contributed by atoms with Crippen molar-refractivity contribution in [2.45, 2.75) is 26.9 Å². The van der Waals surface area contributed by atoms with E-state index in [1.54, 1.807) is 6.21 Å². The number of rotatable bonds is 7. The molecule has 1 aliphatic rings. The van der Waals surface area contributed by atoms with E-state index in [1.165, 1.54) is 5.69 Å². The van der Waals surface area contributed by atoms with E-state index >= 15 is 0 Å². The summed E-state index contributed by atoms with van der Waals surface area (Å²) in [5.41, 5.74) is 2.94. The first-order valence-corrected chi connectivity index (χ1v) is 10.0. The van der Waals surface area contributed by atoms with E-state index in [2.05, 4.69) is 22.0 Å². The molecular formula is C22H27ClN2O3. The van der Waals surface area contributed by atoms with Gasteiger partial charge in [-0.3, -0.25) is 4.99 Å². The number of nitrogens with zero attached hydrogens (tertiary/aromatic N) is 2. The summed E-state index contributed by atoms with van der Waals surface area (Å²) in [4.78, 5) is 6.89. The Morgan fingerprint density at radius 1 is 1.18 bits per heavy atom. The van der Waals surface area contributed by atoms with Gasteiger partial charge in [0.25, 0.3) is 0 Å². The van der Waals surface area contributed by atoms with Crippen molar-refractivity contribution in [1.29, 1.82) is 0 Å². The van der Waals surface area contributed by atoms with Gasteiger partial charge in [0, 0.05) is 25.0 Å². The molecule has 1 saturated heterocycles. The molecule has 0 saturated carbocycles. The first-order chi connectivity index (χ1) is 13.6. The smallest absolute Gasteiger partial charge is 0.180 e. The lowest BCUT2D eigenvalue weighted by molar-refractivity contribution is 0.122. The molecule has 28 heavy (non-hydrogen) atoms. The van der Waals surface area contributed by atoms with Crippen LogP contribution in [0.1, 0.15) is 26.3 Å². The van der Waals surface area contributed by atoms with Gasteiger partial charge in [-0.2, -0.15) is 0 Å². The third kappa shape index (κ3) is 5.40. The van der Waals surface area contributed by atoms with E-state index in [-0.39, 0.29) is 6.10 Å². The molecule has 0 unspecified atom stereocenters. The van der Waals surface area contributed by atoms with Crippen molar-refractivity contribution in [2.75, 3.05) is 37.8 Å². The van der Waals surface area contributed by atoms with Gasteiger partial charge in [-0.05, 0) is 62.7 Å². The predicted octanol–water partition coefficient (Wildman–Crippen LogP) is 5.11. The molecule has 3 rings (SSSR count). The second-order valence-electron chi connectivity index (χ2n) is 6.80. The third-order valence-corrected chi connectivity index (χ3v) is 4.55. The Kier molecular flexibility index (Phi) is 7.18. The first-order valence-electron chi connectivity index (χ1n) is 9.66. The highest BCUT2D eigenvalue weighted by Gasteiger charge is 2.14. The summed E-state index contributed by atoms with van der Waals surface area (Å²) >= 11 is 6.42. The van der Waals surface area contributed by atoms with Crippen LogP contribution < -0.4 is 14.4 Å². The summed E-state index contributed by atoms with van der Waals surface area (Å²) in [7, 11) is 0. The highest BCUT2D eigenvalue weighted by molar-refractivity contribution is 6.32. The molecule has 6 heteroatoms. The second-order valence-corrected chi connectivity index (χ2v) is 7.21. The zero-order valence-corrected chi connectivity index (χ0v) is 17.4. The van der Waals surface area contributed by atoms with Crippen LogP contribution in [0.4, 0.5) is 11.4 Å². The van der Waals surface area contributed by atoms with Gasteiger partial charge in [0.15, 0.2) is 11.5 Å². The lowest BCUT2D eigenvalue weighted by Crippen LogP contribution is -2.36. The van der Waals surface area contributed by atoms with Gasteiger partial charge in [-0.15, -0.1) is 0 Å². The molecule has 150 valence electrons. The van der Waals surface area contributed by atoms with E-state index in [1.807, 2.05) is 45.0 Å². The Morgan fingerprint density at radius 3 is 2.54 bits per heavy atom. The molecule has 0 aliphatic carbocycles. The monoisotopic (exact) mass is 402 g/mol. The molecule has 2 aromatic carbocycles. The summed E-state index contributed by atoms with van der Waals surface area (Å²) in [6.07, 6.45) is 1.80. The molecule has 0 bridgehead atoms. The van der Waals surface area contributed by atoms with Gasteiger partial charge in [0.2, 0.25) is 0 Å². The van der Waals surface area contributed by atoms with Crippen LogP contribution in [0.3, 0.4) is 0 Å². The Balaban J connectivity index is 1.75. The molecular weight excluding hydrogens is 376 g/mol. The van der Waals surface area contributed by atoms with E-state index in [0.717, 1.165) is 37.6 Å². The third-order valence-electron chi connectivity index (χ3n) is 4.27. The highest BCUT2D eigenvalue weighted by Crippen LogP contribution is 2.37. The quantitative estimate of drug-likeness (QED) is 0.603. The van der Waals surface area contributed by atoms with Crippen LogP contribution in [0.15, 0.2) is 41.4 Å². The van der Waals surface area contributed by atoms with Crippen LogP contribution in [0.25, 0.3) is 0 Å².